The Balaban J connectivity index is 1.92. The van der Waals surface area contributed by atoms with E-state index in [1.807, 2.05) is 0 Å². The molecule has 0 aromatic heterocycles. The van der Waals surface area contributed by atoms with E-state index in [1.165, 1.54) is 19.3 Å². The molecule has 1 atom stereocenters. The van der Waals surface area contributed by atoms with Crippen LogP contribution in [0.15, 0.2) is 0 Å². The lowest BCUT2D eigenvalue weighted by atomic mass is 9.68. The molecule has 1 aliphatic carbocycles. The second-order valence-corrected chi connectivity index (χ2v) is 3.67. The van der Waals surface area contributed by atoms with E-state index in [1.54, 1.807) is 0 Å². The molecule has 1 saturated carbocycles. The van der Waals surface area contributed by atoms with E-state index in [9.17, 15) is 0 Å². The number of aliphatic hydroxyl groups excluding tert-OH is 1. The van der Waals surface area contributed by atoms with E-state index >= 15 is 0 Å². The molecule has 1 aliphatic heterocycles. The zero-order chi connectivity index (χ0) is 7.03. The van der Waals surface area contributed by atoms with Crippen LogP contribution in [0.2, 0.25) is 0 Å². The highest BCUT2D eigenvalue weighted by molar-refractivity contribution is 4.93. The highest BCUT2D eigenvalue weighted by Gasteiger charge is 2.44. The summed E-state index contributed by atoms with van der Waals surface area (Å²) in [6.07, 6.45) is 5.26. The molecule has 2 heteroatoms. The van der Waals surface area contributed by atoms with Crippen LogP contribution >= 0.6 is 0 Å². The summed E-state index contributed by atoms with van der Waals surface area (Å²) in [4.78, 5) is 0. The Kier molecular flexibility index (Phi) is 1.46. The third-order valence-electron chi connectivity index (χ3n) is 2.90. The molecule has 1 heterocycles. The van der Waals surface area contributed by atoms with Crippen LogP contribution in [-0.4, -0.2) is 24.4 Å². The first-order valence-corrected chi connectivity index (χ1v) is 4.07. The number of aliphatic hydroxyl groups is 1. The van der Waals surface area contributed by atoms with E-state index < -0.39 is 0 Å². The van der Waals surface area contributed by atoms with Gasteiger partial charge in [-0.1, -0.05) is 6.42 Å². The van der Waals surface area contributed by atoms with Crippen molar-refractivity contribution in [3.8, 4) is 0 Å². The number of rotatable bonds is 1. The lowest BCUT2D eigenvalue weighted by Crippen LogP contribution is -2.29. The van der Waals surface area contributed by atoms with Crippen molar-refractivity contribution < 1.29 is 9.84 Å². The van der Waals surface area contributed by atoms with Crippen LogP contribution in [0.25, 0.3) is 0 Å². The molecule has 2 rings (SSSR count). The maximum absolute atomic E-state index is 8.79. The lowest BCUT2D eigenvalue weighted by Gasteiger charge is -2.36. The second kappa shape index (κ2) is 2.21. The molecule has 2 aliphatic rings. The summed E-state index contributed by atoms with van der Waals surface area (Å²) in [5.41, 5.74) is 0.507. The number of ether oxygens (including phenoxy) is 1. The van der Waals surface area contributed by atoms with Crippen molar-refractivity contribution >= 4 is 0 Å². The van der Waals surface area contributed by atoms with Gasteiger partial charge >= 0.3 is 0 Å². The number of hydrogen-bond acceptors (Lipinski definition) is 2. The van der Waals surface area contributed by atoms with Gasteiger partial charge in [0.15, 0.2) is 0 Å². The molecule has 2 nitrogen and oxygen atoms in total. The van der Waals surface area contributed by atoms with E-state index in [-0.39, 0.29) is 12.7 Å². The van der Waals surface area contributed by atoms with Crippen LogP contribution in [0.5, 0.6) is 0 Å². The molecule has 1 spiro atoms. The summed E-state index contributed by atoms with van der Waals surface area (Å²) in [7, 11) is 0. The predicted molar refractivity (Wildman–Crippen MR) is 37.7 cm³/mol. The smallest absolute Gasteiger partial charge is 0.0812 e. The van der Waals surface area contributed by atoms with Gasteiger partial charge in [0.1, 0.15) is 0 Å². The Morgan fingerprint density at radius 3 is 2.60 bits per heavy atom. The summed E-state index contributed by atoms with van der Waals surface area (Å²) in [5, 5.41) is 8.79. The van der Waals surface area contributed by atoms with Gasteiger partial charge in [-0.2, -0.15) is 0 Å². The minimum absolute atomic E-state index is 0.153. The fourth-order valence-corrected chi connectivity index (χ4v) is 2.04. The first kappa shape index (κ1) is 6.62. The topological polar surface area (TPSA) is 29.5 Å². The van der Waals surface area contributed by atoms with Crippen molar-refractivity contribution in [2.45, 2.75) is 31.8 Å². The van der Waals surface area contributed by atoms with Crippen LogP contribution < -0.4 is 0 Å². The van der Waals surface area contributed by atoms with Gasteiger partial charge in [0.25, 0.3) is 0 Å². The molecule has 2 fully saturated rings. The normalized spacial score (nSPS) is 36.3. The summed E-state index contributed by atoms with van der Waals surface area (Å²) >= 11 is 0. The van der Waals surface area contributed by atoms with Gasteiger partial charge in [0.2, 0.25) is 0 Å². The molecule has 0 amide bonds. The van der Waals surface area contributed by atoms with Crippen molar-refractivity contribution in [1.29, 1.82) is 0 Å². The SMILES string of the molecule is OC[C@@H]1CC2(CCC2)CO1. The molecule has 0 radical (unpaired) electrons. The van der Waals surface area contributed by atoms with Crippen molar-refractivity contribution in [2.75, 3.05) is 13.2 Å². The van der Waals surface area contributed by atoms with E-state index in [4.69, 9.17) is 9.84 Å². The summed E-state index contributed by atoms with van der Waals surface area (Å²) in [5.74, 6) is 0. The molecule has 0 bridgehead atoms. The zero-order valence-electron chi connectivity index (χ0n) is 6.18. The monoisotopic (exact) mass is 142 g/mol. The summed E-state index contributed by atoms with van der Waals surface area (Å²) in [6, 6.07) is 0. The van der Waals surface area contributed by atoms with Crippen LogP contribution in [-0.2, 0) is 4.74 Å². The summed E-state index contributed by atoms with van der Waals surface area (Å²) < 4.78 is 5.41. The maximum Gasteiger partial charge on any atom is 0.0812 e. The quantitative estimate of drug-likeness (QED) is 0.590. The standard InChI is InChI=1S/C8H14O2/c9-5-7-4-8(6-10-7)2-1-3-8/h7,9H,1-6H2/t7-/m0/s1. The van der Waals surface area contributed by atoms with E-state index in [0.29, 0.717) is 5.41 Å². The van der Waals surface area contributed by atoms with Gasteiger partial charge in [0, 0.05) is 0 Å². The van der Waals surface area contributed by atoms with E-state index in [0.717, 1.165) is 13.0 Å². The Morgan fingerprint density at radius 1 is 1.50 bits per heavy atom. The Hall–Kier alpha value is -0.0800. The average molecular weight is 142 g/mol. The highest BCUT2D eigenvalue weighted by Crippen LogP contribution is 2.48. The first-order valence-electron chi connectivity index (χ1n) is 4.07. The zero-order valence-corrected chi connectivity index (χ0v) is 6.18. The largest absolute Gasteiger partial charge is 0.394 e. The molecule has 0 aromatic carbocycles. The van der Waals surface area contributed by atoms with Gasteiger partial charge in [0.05, 0.1) is 19.3 Å². The van der Waals surface area contributed by atoms with Crippen molar-refractivity contribution in [1.82, 2.24) is 0 Å². The van der Waals surface area contributed by atoms with Crippen LogP contribution in [0.1, 0.15) is 25.7 Å². The molecule has 10 heavy (non-hydrogen) atoms. The number of hydrogen-bond donors (Lipinski definition) is 1. The first-order chi connectivity index (χ1) is 4.85. The van der Waals surface area contributed by atoms with Gasteiger partial charge in [-0.05, 0) is 24.7 Å². The molecule has 1 saturated heterocycles. The fourth-order valence-electron chi connectivity index (χ4n) is 2.04. The van der Waals surface area contributed by atoms with Crippen molar-refractivity contribution in [2.24, 2.45) is 5.41 Å². The van der Waals surface area contributed by atoms with Gasteiger partial charge in [-0.25, -0.2) is 0 Å². The average Bonchev–Trinajstić information content (AvgIpc) is 2.29. The third-order valence-corrected chi connectivity index (χ3v) is 2.90. The summed E-state index contributed by atoms with van der Waals surface area (Å²) in [6.45, 7) is 1.11. The van der Waals surface area contributed by atoms with Crippen molar-refractivity contribution in [3.05, 3.63) is 0 Å². The Morgan fingerprint density at radius 2 is 2.30 bits per heavy atom. The van der Waals surface area contributed by atoms with Crippen LogP contribution in [0, 0.1) is 5.41 Å². The molecular weight excluding hydrogens is 128 g/mol. The highest BCUT2D eigenvalue weighted by atomic mass is 16.5. The second-order valence-electron chi connectivity index (χ2n) is 3.67. The van der Waals surface area contributed by atoms with Crippen LogP contribution in [0.3, 0.4) is 0 Å². The third kappa shape index (κ3) is 0.867. The maximum atomic E-state index is 8.79. The van der Waals surface area contributed by atoms with E-state index in [2.05, 4.69) is 0 Å². The Bertz CT molecular complexity index is 129. The minimum atomic E-state index is 0.153. The van der Waals surface area contributed by atoms with Crippen molar-refractivity contribution in [3.63, 3.8) is 0 Å². The molecular formula is C8H14O2. The minimum Gasteiger partial charge on any atom is -0.394 e. The molecule has 58 valence electrons. The molecule has 0 unspecified atom stereocenters. The van der Waals surface area contributed by atoms with Gasteiger partial charge < -0.3 is 9.84 Å². The molecule has 1 N–H and O–H groups in total. The van der Waals surface area contributed by atoms with Crippen LogP contribution in [0.4, 0.5) is 0 Å². The fraction of sp³-hybridized carbons (Fsp3) is 1.00. The van der Waals surface area contributed by atoms with Gasteiger partial charge in [-0.3, -0.25) is 0 Å². The van der Waals surface area contributed by atoms with Gasteiger partial charge in [-0.15, -0.1) is 0 Å². The predicted octanol–water partition coefficient (Wildman–Crippen LogP) is 0.938. The Labute approximate surface area is 61.2 Å². The molecule has 0 aromatic rings. The lowest BCUT2D eigenvalue weighted by molar-refractivity contribution is 0.0430.